The van der Waals surface area contributed by atoms with Crippen LogP contribution in [-0.4, -0.2) is 37.2 Å². The Hall–Kier alpha value is -2.83. The largest absolute Gasteiger partial charge is 0.359 e. The van der Waals surface area contributed by atoms with Gasteiger partial charge in [0, 0.05) is 44.2 Å². The molecule has 0 atom stereocenters. The van der Waals surface area contributed by atoms with E-state index in [9.17, 15) is 4.79 Å². The van der Waals surface area contributed by atoms with Crippen molar-refractivity contribution in [1.29, 1.82) is 0 Å². The number of hydrogen-bond donors (Lipinski definition) is 2. The zero-order valence-corrected chi connectivity index (χ0v) is 18.3. The monoisotopic (exact) mass is 411 g/mol. The van der Waals surface area contributed by atoms with Crippen LogP contribution in [-0.2, 0) is 17.8 Å². The zero-order chi connectivity index (χ0) is 21.3. The van der Waals surface area contributed by atoms with Gasteiger partial charge in [-0.25, -0.2) is 0 Å². The summed E-state index contributed by atoms with van der Waals surface area (Å²) in [6, 6.07) is 10.2. The highest BCUT2D eigenvalue weighted by Gasteiger charge is 2.23. The Balaban J connectivity index is 1.38. The van der Waals surface area contributed by atoms with E-state index in [0.29, 0.717) is 31.4 Å². The molecule has 7 nitrogen and oxygen atoms in total. The number of nitrogens with one attached hydrogen (secondary N) is 2. The number of anilines is 1. The topological polar surface area (TPSA) is 82.8 Å². The number of rotatable bonds is 9. The molecule has 0 bridgehead atoms. The van der Waals surface area contributed by atoms with E-state index < -0.39 is 0 Å². The summed E-state index contributed by atoms with van der Waals surface area (Å²) in [4.78, 5) is 18.7. The van der Waals surface area contributed by atoms with Gasteiger partial charge in [0.25, 0.3) is 0 Å². The van der Waals surface area contributed by atoms with Gasteiger partial charge in [-0.15, -0.1) is 0 Å². The van der Waals surface area contributed by atoms with Gasteiger partial charge in [0.2, 0.25) is 5.91 Å². The van der Waals surface area contributed by atoms with Crippen LogP contribution in [0.4, 0.5) is 5.69 Å². The maximum atomic E-state index is 12.6. The lowest BCUT2D eigenvalue weighted by atomic mass is 9.99. The minimum absolute atomic E-state index is 0.181. The van der Waals surface area contributed by atoms with Crippen molar-refractivity contribution in [2.45, 2.75) is 58.4 Å². The Morgan fingerprint density at radius 3 is 2.83 bits per heavy atom. The molecule has 1 amide bonds. The molecule has 0 saturated carbocycles. The molecule has 2 N–H and O–H groups in total. The van der Waals surface area contributed by atoms with Crippen LogP contribution in [0.3, 0.4) is 0 Å². The van der Waals surface area contributed by atoms with E-state index in [-0.39, 0.29) is 5.91 Å². The fraction of sp³-hybridized carbons (Fsp3) is 0.522. The first-order valence-electron chi connectivity index (χ1n) is 10.9. The molecule has 2 aromatic rings. The van der Waals surface area contributed by atoms with Crippen molar-refractivity contribution in [3.05, 3.63) is 47.3 Å². The second kappa shape index (κ2) is 10.8. The Bertz CT molecular complexity index is 857. The van der Waals surface area contributed by atoms with E-state index in [1.54, 1.807) is 7.05 Å². The predicted octanol–water partition coefficient (Wildman–Crippen LogP) is 3.61. The van der Waals surface area contributed by atoms with Crippen LogP contribution in [0.15, 0.2) is 39.8 Å². The van der Waals surface area contributed by atoms with Crippen molar-refractivity contribution in [2.75, 3.05) is 25.0 Å². The van der Waals surface area contributed by atoms with Crippen molar-refractivity contribution in [2.24, 2.45) is 4.99 Å². The van der Waals surface area contributed by atoms with Gasteiger partial charge in [-0.3, -0.25) is 9.79 Å². The second-order valence-electron chi connectivity index (χ2n) is 7.61. The van der Waals surface area contributed by atoms with Crippen LogP contribution in [0, 0.1) is 0 Å². The third-order valence-corrected chi connectivity index (χ3v) is 5.68. The minimum Gasteiger partial charge on any atom is -0.359 e. The van der Waals surface area contributed by atoms with Gasteiger partial charge in [0.05, 0.1) is 12.2 Å². The molecule has 0 spiro atoms. The van der Waals surface area contributed by atoms with Gasteiger partial charge in [-0.2, -0.15) is 0 Å². The lowest BCUT2D eigenvalue weighted by molar-refractivity contribution is -0.118. The number of carbonyl (C=O) groups is 1. The smallest absolute Gasteiger partial charge is 0.227 e. The number of carbonyl (C=O) groups excluding carboxylic acids is 1. The van der Waals surface area contributed by atoms with E-state index in [2.05, 4.69) is 40.7 Å². The number of aliphatic imine (C=N–C) groups is 1. The summed E-state index contributed by atoms with van der Waals surface area (Å²) < 4.78 is 5.44. The highest BCUT2D eigenvalue weighted by Crippen LogP contribution is 2.28. The average molecular weight is 412 g/mol. The molecule has 3 rings (SSSR count). The number of nitrogens with zero attached hydrogens (tertiary/aromatic N) is 3. The van der Waals surface area contributed by atoms with Crippen molar-refractivity contribution in [3.8, 4) is 0 Å². The molecule has 0 fully saturated rings. The normalized spacial score (nSPS) is 13.6. The summed E-state index contributed by atoms with van der Waals surface area (Å²) in [6.45, 7) is 6.32. The first-order chi connectivity index (χ1) is 14.7. The summed E-state index contributed by atoms with van der Waals surface area (Å²) >= 11 is 0. The molecule has 1 aliphatic heterocycles. The van der Waals surface area contributed by atoms with Gasteiger partial charge >= 0.3 is 0 Å². The van der Waals surface area contributed by atoms with Crippen molar-refractivity contribution in [1.82, 2.24) is 15.8 Å². The van der Waals surface area contributed by atoms with Crippen LogP contribution in [0.5, 0.6) is 0 Å². The maximum Gasteiger partial charge on any atom is 0.227 e. The van der Waals surface area contributed by atoms with E-state index >= 15 is 0 Å². The Kier molecular flexibility index (Phi) is 7.88. The molecule has 7 heteroatoms. The molecular weight excluding hydrogens is 378 g/mol. The second-order valence-corrected chi connectivity index (χ2v) is 7.61. The summed E-state index contributed by atoms with van der Waals surface area (Å²) in [6.07, 6.45) is 4.32. The molecule has 0 aliphatic carbocycles. The quantitative estimate of drug-likeness (QED) is 0.374. The molecule has 162 valence electrons. The molecule has 30 heavy (non-hydrogen) atoms. The highest BCUT2D eigenvalue weighted by atomic mass is 16.5. The molecule has 1 aliphatic rings. The maximum absolute atomic E-state index is 12.6. The molecule has 2 heterocycles. The van der Waals surface area contributed by atoms with Crippen LogP contribution < -0.4 is 15.5 Å². The van der Waals surface area contributed by atoms with Gasteiger partial charge in [0.15, 0.2) is 11.7 Å². The summed E-state index contributed by atoms with van der Waals surface area (Å²) in [5.74, 6) is 2.11. The Morgan fingerprint density at radius 2 is 2.07 bits per heavy atom. The number of para-hydroxylation sites is 1. The molecular formula is C23H33N5O2. The zero-order valence-electron chi connectivity index (χ0n) is 18.3. The standard InChI is InChI=1S/C23H33N5O2/c1-4-17(5-2)20-15-19(30-27-20)16-26-23(24-3)25-13-8-11-22(29)28-14-12-18-9-6-7-10-21(18)28/h6-7,9-10,15,17H,4-5,8,11-14,16H2,1-3H3,(H2,24,25,26). The van der Waals surface area contributed by atoms with Crippen molar-refractivity contribution >= 4 is 17.6 Å². The third-order valence-electron chi connectivity index (χ3n) is 5.68. The third kappa shape index (κ3) is 5.40. The fourth-order valence-corrected chi connectivity index (χ4v) is 3.88. The van der Waals surface area contributed by atoms with Gasteiger partial charge in [0.1, 0.15) is 0 Å². The lowest BCUT2D eigenvalue weighted by Crippen LogP contribution is -2.37. The summed E-state index contributed by atoms with van der Waals surface area (Å²) in [5, 5.41) is 10.7. The molecule has 0 saturated heterocycles. The van der Waals surface area contributed by atoms with Gasteiger partial charge < -0.3 is 20.1 Å². The van der Waals surface area contributed by atoms with E-state index in [1.807, 2.05) is 29.2 Å². The fourth-order valence-electron chi connectivity index (χ4n) is 3.88. The van der Waals surface area contributed by atoms with E-state index in [0.717, 1.165) is 49.4 Å². The number of benzene rings is 1. The number of amides is 1. The number of hydrogen-bond acceptors (Lipinski definition) is 4. The first kappa shape index (κ1) is 21.9. The van der Waals surface area contributed by atoms with Gasteiger partial charge in [-0.05, 0) is 37.3 Å². The van der Waals surface area contributed by atoms with Crippen molar-refractivity contribution in [3.63, 3.8) is 0 Å². The van der Waals surface area contributed by atoms with E-state index in [4.69, 9.17) is 4.52 Å². The molecule has 1 aromatic carbocycles. The van der Waals surface area contributed by atoms with E-state index in [1.165, 1.54) is 5.56 Å². The molecule has 0 radical (unpaired) electrons. The number of aromatic nitrogens is 1. The summed E-state index contributed by atoms with van der Waals surface area (Å²) in [7, 11) is 1.73. The molecule has 1 aromatic heterocycles. The first-order valence-corrected chi connectivity index (χ1v) is 10.9. The highest BCUT2D eigenvalue weighted by molar-refractivity contribution is 5.95. The number of guanidine groups is 1. The molecule has 0 unspecified atom stereocenters. The summed E-state index contributed by atoms with van der Waals surface area (Å²) in [5.41, 5.74) is 3.34. The van der Waals surface area contributed by atoms with Crippen molar-refractivity contribution < 1.29 is 9.32 Å². The Labute approximate surface area is 178 Å². The SMILES string of the molecule is CCC(CC)c1cc(CNC(=NC)NCCCC(=O)N2CCc3ccccc32)on1. The van der Waals surface area contributed by atoms with Crippen LogP contribution in [0.2, 0.25) is 0 Å². The van der Waals surface area contributed by atoms with Crippen LogP contribution in [0.1, 0.15) is 62.5 Å². The van der Waals surface area contributed by atoms with Gasteiger partial charge in [-0.1, -0.05) is 37.2 Å². The minimum atomic E-state index is 0.181. The van der Waals surface area contributed by atoms with Crippen LogP contribution >= 0.6 is 0 Å². The number of fused-ring (bicyclic) bond motifs is 1. The average Bonchev–Trinajstić information content (AvgIpc) is 3.41. The lowest BCUT2D eigenvalue weighted by Gasteiger charge is -2.17. The Morgan fingerprint density at radius 1 is 1.27 bits per heavy atom. The van der Waals surface area contributed by atoms with Crippen LogP contribution in [0.25, 0.3) is 0 Å². The predicted molar refractivity (Wildman–Crippen MR) is 120 cm³/mol.